The first-order valence-corrected chi connectivity index (χ1v) is 7.33. The Bertz CT molecular complexity index is 481. The third-order valence-corrected chi connectivity index (χ3v) is 5.17. The van der Waals surface area contributed by atoms with Crippen molar-refractivity contribution < 1.29 is 8.42 Å². The molecule has 1 aliphatic heterocycles. The Morgan fingerprint density at radius 2 is 2.35 bits per heavy atom. The molecule has 0 bridgehead atoms. The molecule has 0 aliphatic carbocycles. The molecule has 1 unspecified atom stereocenters. The lowest BCUT2D eigenvalue weighted by molar-refractivity contribution is 0.408. The molecule has 96 valence electrons. The van der Waals surface area contributed by atoms with Crippen LogP contribution in [0.4, 0.5) is 0 Å². The lowest BCUT2D eigenvalue weighted by Crippen LogP contribution is -2.33. The highest BCUT2D eigenvalue weighted by atomic mass is 32.2. The third kappa shape index (κ3) is 2.38. The summed E-state index contributed by atoms with van der Waals surface area (Å²) in [5, 5.41) is 2.99. The first kappa shape index (κ1) is 12.6. The van der Waals surface area contributed by atoms with E-state index >= 15 is 0 Å². The lowest BCUT2D eigenvalue weighted by Gasteiger charge is -2.19. The molecule has 1 aromatic rings. The minimum Gasteiger partial charge on any atom is -0.363 e. The number of H-pyrrole nitrogens is 1. The maximum Gasteiger partial charge on any atom is 0.244 e. The largest absolute Gasteiger partial charge is 0.363 e. The van der Waals surface area contributed by atoms with E-state index in [2.05, 4.69) is 10.3 Å². The number of sulfonamides is 1. The van der Waals surface area contributed by atoms with Gasteiger partial charge in [-0.3, -0.25) is 0 Å². The Hall–Kier alpha value is -0.850. The maximum absolute atomic E-state index is 12.3. The lowest BCUT2D eigenvalue weighted by atomic mass is 10.3. The van der Waals surface area contributed by atoms with Gasteiger partial charge < -0.3 is 10.3 Å². The van der Waals surface area contributed by atoms with E-state index in [1.807, 2.05) is 14.0 Å². The van der Waals surface area contributed by atoms with E-state index in [-0.39, 0.29) is 6.04 Å². The standard InChI is InChI=1S/C11H19N3O2S/c1-9-4-3-5-14(9)17(15,16)11-6-10(7-12-2)13-8-11/h6,8-9,12-13H,3-5,7H2,1-2H3. The van der Waals surface area contributed by atoms with E-state index in [1.165, 1.54) is 0 Å². The van der Waals surface area contributed by atoms with Gasteiger partial charge in [-0.05, 0) is 32.9 Å². The molecule has 2 heterocycles. The van der Waals surface area contributed by atoms with Crippen LogP contribution in [0, 0.1) is 0 Å². The smallest absolute Gasteiger partial charge is 0.244 e. The van der Waals surface area contributed by atoms with Gasteiger partial charge in [0.05, 0.1) is 4.90 Å². The summed E-state index contributed by atoms with van der Waals surface area (Å²) < 4.78 is 26.3. The number of hydrogen-bond donors (Lipinski definition) is 2. The van der Waals surface area contributed by atoms with Crippen LogP contribution < -0.4 is 5.32 Å². The zero-order chi connectivity index (χ0) is 12.5. The first-order chi connectivity index (χ1) is 8.05. The highest BCUT2D eigenvalue weighted by molar-refractivity contribution is 7.89. The van der Waals surface area contributed by atoms with Gasteiger partial charge in [-0.25, -0.2) is 8.42 Å². The number of rotatable bonds is 4. The second-order valence-electron chi connectivity index (χ2n) is 4.50. The summed E-state index contributed by atoms with van der Waals surface area (Å²) in [7, 11) is -1.48. The Balaban J connectivity index is 2.24. The average molecular weight is 257 g/mol. The van der Waals surface area contributed by atoms with Crippen LogP contribution in [0.15, 0.2) is 17.2 Å². The van der Waals surface area contributed by atoms with E-state index < -0.39 is 10.0 Å². The predicted octanol–water partition coefficient (Wildman–Crippen LogP) is 0.907. The third-order valence-electron chi connectivity index (χ3n) is 3.18. The van der Waals surface area contributed by atoms with Crippen LogP contribution in [0.25, 0.3) is 0 Å². The summed E-state index contributed by atoms with van der Waals surface area (Å²) in [4.78, 5) is 3.35. The molecule has 0 amide bonds. The van der Waals surface area contributed by atoms with Crippen molar-refractivity contribution in [2.24, 2.45) is 0 Å². The zero-order valence-corrected chi connectivity index (χ0v) is 11.0. The number of nitrogens with one attached hydrogen (secondary N) is 2. The van der Waals surface area contributed by atoms with Crippen molar-refractivity contribution in [2.75, 3.05) is 13.6 Å². The van der Waals surface area contributed by atoms with Gasteiger partial charge in [-0.2, -0.15) is 4.31 Å². The summed E-state index contributed by atoms with van der Waals surface area (Å²) in [5.41, 5.74) is 0.887. The average Bonchev–Trinajstić information content (AvgIpc) is 2.87. The minimum atomic E-state index is -3.31. The quantitative estimate of drug-likeness (QED) is 0.842. The molecule has 6 heteroatoms. The van der Waals surface area contributed by atoms with E-state index in [0.29, 0.717) is 18.0 Å². The van der Waals surface area contributed by atoms with Gasteiger partial charge in [0.15, 0.2) is 0 Å². The summed E-state index contributed by atoms with van der Waals surface area (Å²) in [6, 6.07) is 1.82. The van der Waals surface area contributed by atoms with E-state index in [4.69, 9.17) is 0 Å². The number of nitrogens with zero attached hydrogens (tertiary/aromatic N) is 1. The molecule has 1 saturated heterocycles. The molecule has 1 aromatic heterocycles. The van der Waals surface area contributed by atoms with Gasteiger partial charge in [-0.1, -0.05) is 0 Å². The molecule has 0 saturated carbocycles. The van der Waals surface area contributed by atoms with Crippen molar-refractivity contribution in [3.63, 3.8) is 0 Å². The molecule has 0 spiro atoms. The molecule has 1 fully saturated rings. The van der Waals surface area contributed by atoms with Gasteiger partial charge in [-0.15, -0.1) is 0 Å². The molecular formula is C11H19N3O2S. The van der Waals surface area contributed by atoms with Crippen LogP contribution in [0.5, 0.6) is 0 Å². The van der Waals surface area contributed by atoms with Crippen LogP contribution >= 0.6 is 0 Å². The molecule has 17 heavy (non-hydrogen) atoms. The van der Waals surface area contributed by atoms with Crippen molar-refractivity contribution >= 4 is 10.0 Å². The fourth-order valence-corrected chi connectivity index (χ4v) is 3.98. The van der Waals surface area contributed by atoms with Gasteiger partial charge in [0.25, 0.3) is 0 Å². The van der Waals surface area contributed by atoms with Gasteiger partial charge in [0.1, 0.15) is 0 Å². The molecule has 0 radical (unpaired) electrons. The SMILES string of the molecule is CNCc1cc(S(=O)(=O)N2CCCC2C)c[nH]1. The van der Waals surface area contributed by atoms with Crippen molar-refractivity contribution in [1.82, 2.24) is 14.6 Å². The summed E-state index contributed by atoms with van der Waals surface area (Å²) in [5.74, 6) is 0. The van der Waals surface area contributed by atoms with Crippen LogP contribution in [0.3, 0.4) is 0 Å². The highest BCUT2D eigenvalue weighted by Crippen LogP contribution is 2.25. The number of aromatic amines is 1. The molecule has 1 atom stereocenters. The summed E-state index contributed by atoms with van der Waals surface area (Å²) >= 11 is 0. The van der Waals surface area contributed by atoms with Crippen molar-refractivity contribution in [3.05, 3.63) is 18.0 Å². The molecule has 2 N–H and O–H groups in total. The first-order valence-electron chi connectivity index (χ1n) is 5.89. The normalized spacial score (nSPS) is 22.1. The van der Waals surface area contributed by atoms with E-state index in [1.54, 1.807) is 16.6 Å². The summed E-state index contributed by atoms with van der Waals surface area (Å²) in [6.07, 6.45) is 3.48. The molecular weight excluding hydrogens is 238 g/mol. The zero-order valence-electron chi connectivity index (χ0n) is 10.2. The predicted molar refractivity (Wildman–Crippen MR) is 66.1 cm³/mol. The van der Waals surface area contributed by atoms with E-state index in [0.717, 1.165) is 18.5 Å². The fourth-order valence-electron chi connectivity index (χ4n) is 2.26. The molecule has 2 rings (SSSR count). The van der Waals surface area contributed by atoms with E-state index in [9.17, 15) is 8.42 Å². The number of hydrogen-bond acceptors (Lipinski definition) is 3. The summed E-state index contributed by atoms with van der Waals surface area (Å²) in [6.45, 7) is 3.24. The number of aromatic nitrogens is 1. The Kier molecular flexibility index (Phi) is 3.56. The monoisotopic (exact) mass is 257 g/mol. The van der Waals surface area contributed by atoms with Gasteiger partial charge in [0, 0.05) is 31.0 Å². The van der Waals surface area contributed by atoms with Gasteiger partial charge >= 0.3 is 0 Å². The van der Waals surface area contributed by atoms with Crippen molar-refractivity contribution in [1.29, 1.82) is 0 Å². The van der Waals surface area contributed by atoms with Crippen molar-refractivity contribution in [3.8, 4) is 0 Å². The van der Waals surface area contributed by atoms with Gasteiger partial charge in [0.2, 0.25) is 10.0 Å². The Labute approximate surface area is 102 Å². The van der Waals surface area contributed by atoms with Crippen LogP contribution in [-0.4, -0.2) is 37.3 Å². The Morgan fingerprint density at radius 3 is 2.94 bits per heavy atom. The highest BCUT2D eigenvalue weighted by Gasteiger charge is 2.32. The van der Waals surface area contributed by atoms with Crippen LogP contribution in [-0.2, 0) is 16.6 Å². The Morgan fingerprint density at radius 1 is 1.59 bits per heavy atom. The molecule has 0 aromatic carbocycles. The fraction of sp³-hybridized carbons (Fsp3) is 0.636. The molecule has 5 nitrogen and oxygen atoms in total. The topological polar surface area (TPSA) is 65.2 Å². The maximum atomic E-state index is 12.3. The van der Waals surface area contributed by atoms with Crippen LogP contribution in [0.2, 0.25) is 0 Å². The second kappa shape index (κ2) is 4.80. The molecule has 1 aliphatic rings. The van der Waals surface area contributed by atoms with Crippen molar-refractivity contribution in [2.45, 2.75) is 37.2 Å². The minimum absolute atomic E-state index is 0.114. The van der Waals surface area contributed by atoms with Crippen LogP contribution in [0.1, 0.15) is 25.5 Å². The second-order valence-corrected chi connectivity index (χ2v) is 6.39.